The molecule has 2 aromatic carbocycles. The molecule has 1 atom stereocenters. The van der Waals surface area contributed by atoms with Gasteiger partial charge < -0.3 is 23.8 Å². The fourth-order valence-corrected chi connectivity index (χ4v) is 4.98. The predicted molar refractivity (Wildman–Crippen MR) is 179 cm³/mol. The van der Waals surface area contributed by atoms with E-state index in [1.807, 2.05) is 57.2 Å². The summed E-state index contributed by atoms with van der Waals surface area (Å²) in [5, 5.41) is 45.3. The van der Waals surface area contributed by atoms with Crippen LogP contribution in [0.25, 0.3) is 22.5 Å². The Kier molecular flexibility index (Phi) is 18.8. The number of aromatic nitrogens is 4. The summed E-state index contributed by atoms with van der Waals surface area (Å²) < 4.78 is 21.0. The lowest BCUT2D eigenvalue weighted by molar-refractivity contribution is -0.493. The standard InChI is InChI=1S/C33H47N7O13/c1-4-5-10-29(41)37(30(24(2)3)32(42)50-19-15-48-17-21-52-39(44)45)23-25-11-13-26(14-12-25)27-8-6-7-9-28(27)31-34-36-38(35-31)33(43)51-20-16-49-18-22-53-40(46)47/h6-9,11-14,24,30,44-47H,4-5,10,15-23H2,1-3H3/t30-/m0/s1. The summed E-state index contributed by atoms with van der Waals surface area (Å²) in [6.45, 7) is 5.53. The molecule has 0 bridgehead atoms. The van der Waals surface area contributed by atoms with E-state index in [-0.39, 0.29) is 83.5 Å². The first-order valence-electron chi connectivity index (χ1n) is 16.9. The lowest BCUT2D eigenvalue weighted by Crippen LogP contribution is -2.48. The van der Waals surface area contributed by atoms with E-state index in [4.69, 9.17) is 39.8 Å². The summed E-state index contributed by atoms with van der Waals surface area (Å²) in [5.41, 5.74) is 2.94. The van der Waals surface area contributed by atoms with Gasteiger partial charge in [0.1, 0.15) is 19.3 Å². The number of amides is 1. The van der Waals surface area contributed by atoms with Crippen molar-refractivity contribution in [3.63, 3.8) is 0 Å². The molecule has 0 saturated carbocycles. The molecule has 0 aliphatic heterocycles. The van der Waals surface area contributed by atoms with Gasteiger partial charge in [-0.25, -0.2) is 19.3 Å². The van der Waals surface area contributed by atoms with Gasteiger partial charge in [0.25, 0.3) is 0 Å². The predicted octanol–water partition coefficient (Wildman–Crippen LogP) is 3.14. The van der Waals surface area contributed by atoms with Gasteiger partial charge in [0.2, 0.25) is 11.7 Å². The summed E-state index contributed by atoms with van der Waals surface area (Å²) in [5.74, 6) is -0.810. The van der Waals surface area contributed by atoms with Gasteiger partial charge in [0.05, 0.1) is 50.4 Å². The van der Waals surface area contributed by atoms with Gasteiger partial charge in [-0.3, -0.25) is 25.6 Å². The second-order valence-electron chi connectivity index (χ2n) is 11.6. The molecule has 53 heavy (non-hydrogen) atoms. The molecule has 1 heterocycles. The summed E-state index contributed by atoms with van der Waals surface area (Å²) in [4.78, 5) is 50.3. The van der Waals surface area contributed by atoms with Gasteiger partial charge in [0, 0.05) is 18.5 Å². The summed E-state index contributed by atoms with van der Waals surface area (Å²) in [6, 6.07) is 13.9. The van der Waals surface area contributed by atoms with Crippen LogP contribution >= 0.6 is 0 Å². The zero-order chi connectivity index (χ0) is 38.6. The number of ether oxygens (including phenoxy) is 4. The molecular formula is C33H47N7O13. The number of benzene rings is 2. The van der Waals surface area contributed by atoms with Gasteiger partial charge in [-0.1, -0.05) is 80.5 Å². The Balaban J connectivity index is 1.68. The van der Waals surface area contributed by atoms with Crippen LogP contribution in [-0.2, 0) is 44.8 Å². The number of nitrogens with zero attached hydrogens (tertiary/aromatic N) is 7. The van der Waals surface area contributed by atoms with Crippen molar-refractivity contribution in [3.8, 4) is 22.5 Å². The fourth-order valence-electron chi connectivity index (χ4n) is 4.98. The van der Waals surface area contributed by atoms with Crippen LogP contribution in [-0.4, -0.2) is 134 Å². The van der Waals surface area contributed by atoms with Crippen molar-refractivity contribution in [2.75, 3.05) is 52.9 Å². The summed E-state index contributed by atoms with van der Waals surface area (Å²) in [6.07, 6.45) is 0.872. The molecule has 1 aromatic heterocycles. The number of unbranched alkanes of at least 4 members (excludes halogenated alkanes) is 1. The number of carbonyl (C=O) groups excluding carboxylic acids is 3. The molecule has 4 N–H and O–H groups in total. The fraction of sp³-hybridized carbons (Fsp3) is 0.515. The maximum atomic E-state index is 13.5. The Morgan fingerprint density at radius 2 is 1.36 bits per heavy atom. The first-order chi connectivity index (χ1) is 25.5. The van der Waals surface area contributed by atoms with Crippen molar-refractivity contribution in [3.05, 3.63) is 54.1 Å². The molecule has 20 nitrogen and oxygen atoms in total. The highest BCUT2D eigenvalue weighted by atomic mass is 17.1. The van der Waals surface area contributed by atoms with Crippen LogP contribution in [0.4, 0.5) is 4.79 Å². The smallest absolute Gasteiger partial charge is 0.453 e. The van der Waals surface area contributed by atoms with Crippen LogP contribution in [0.2, 0.25) is 0 Å². The van der Waals surface area contributed by atoms with Crippen molar-refractivity contribution >= 4 is 18.0 Å². The first-order valence-corrected chi connectivity index (χ1v) is 16.9. The van der Waals surface area contributed by atoms with Crippen LogP contribution in [0, 0.1) is 5.92 Å². The lowest BCUT2D eigenvalue weighted by Gasteiger charge is -2.33. The van der Waals surface area contributed by atoms with Crippen LogP contribution in [0.3, 0.4) is 0 Å². The zero-order valence-corrected chi connectivity index (χ0v) is 29.9. The number of esters is 1. The average Bonchev–Trinajstić information content (AvgIpc) is 3.63. The molecule has 20 heteroatoms. The van der Waals surface area contributed by atoms with Crippen molar-refractivity contribution in [2.24, 2.45) is 5.92 Å². The monoisotopic (exact) mass is 749 g/mol. The third-order valence-electron chi connectivity index (χ3n) is 7.43. The van der Waals surface area contributed by atoms with Crippen LogP contribution in [0.15, 0.2) is 48.5 Å². The maximum absolute atomic E-state index is 13.5. The first kappa shape index (κ1) is 42.9. The van der Waals surface area contributed by atoms with Crippen LogP contribution in [0.5, 0.6) is 0 Å². The highest BCUT2D eigenvalue weighted by Crippen LogP contribution is 2.30. The van der Waals surface area contributed by atoms with E-state index in [9.17, 15) is 14.4 Å². The Labute approximate surface area is 305 Å². The van der Waals surface area contributed by atoms with E-state index in [0.29, 0.717) is 12.0 Å². The molecule has 3 rings (SSSR count). The van der Waals surface area contributed by atoms with Crippen LogP contribution < -0.4 is 0 Å². The quantitative estimate of drug-likeness (QED) is 0.0584. The topological polar surface area (TPSA) is 241 Å². The van der Waals surface area contributed by atoms with E-state index in [2.05, 4.69) is 25.1 Å². The number of tetrazole rings is 1. The van der Waals surface area contributed by atoms with Crippen molar-refractivity contribution in [1.29, 1.82) is 0 Å². The van der Waals surface area contributed by atoms with Crippen molar-refractivity contribution < 1.29 is 63.8 Å². The molecule has 0 saturated heterocycles. The number of hydrogen-bond donors (Lipinski definition) is 4. The zero-order valence-electron chi connectivity index (χ0n) is 29.9. The average molecular weight is 750 g/mol. The van der Waals surface area contributed by atoms with Gasteiger partial charge >= 0.3 is 12.1 Å². The SMILES string of the molecule is CCCCC(=O)N(Cc1ccc(-c2ccccc2-c2nnn(C(=O)OCCOCCON(O)O)n2)cc1)[C@H](C(=O)OCCOCCON(O)O)C(C)C. The summed E-state index contributed by atoms with van der Waals surface area (Å²) in [7, 11) is 0. The highest BCUT2D eigenvalue weighted by molar-refractivity contribution is 5.85. The Morgan fingerprint density at radius 3 is 1.94 bits per heavy atom. The molecule has 0 fully saturated rings. The minimum atomic E-state index is -0.873. The van der Waals surface area contributed by atoms with E-state index in [0.717, 1.165) is 27.9 Å². The Hall–Kier alpha value is -4.48. The van der Waals surface area contributed by atoms with Crippen LogP contribution in [0.1, 0.15) is 45.6 Å². The largest absolute Gasteiger partial charge is 0.462 e. The molecule has 1 amide bonds. The molecule has 3 aromatic rings. The molecule has 0 unspecified atom stereocenters. The molecule has 0 radical (unpaired) electrons. The lowest BCUT2D eigenvalue weighted by atomic mass is 9.97. The third-order valence-corrected chi connectivity index (χ3v) is 7.43. The van der Waals surface area contributed by atoms with E-state index >= 15 is 0 Å². The maximum Gasteiger partial charge on any atom is 0.453 e. The normalized spacial score (nSPS) is 12.0. The number of hydrogen-bond acceptors (Lipinski definition) is 18. The second kappa shape index (κ2) is 23.2. The highest BCUT2D eigenvalue weighted by Gasteiger charge is 2.33. The Morgan fingerprint density at radius 1 is 0.774 bits per heavy atom. The summed E-state index contributed by atoms with van der Waals surface area (Å²) >= 11 is 0. The molecule has 292 valence electrons. The van der Waals surface area contributed by atoms with E-state index in [1.54, 1.807) is 17.0 Å². The molecule has 0 spiro atoms. The third kappa shape index (κ3) is 14.8. The van der Waals surface area contributed by atoms with Gasteiger partial charge in [-0.2, -0.15) is 0 Å². The molecule has 0 aliphatic rings. The Bertz CT molecular complexity index is 1540. The van der Waals surface area contributed by atoms with Crippen molar-refractivity contribution in [1.82, 2.24) is 35.9 Å². The minimum absolute atomic E-state index is 0.0188. The van der Waals surface area contributed by atoms with Crippen molar-refractivity contribution in [2.45, 2.75) is 52.6 Å². The molecular weight excluding hydrogens is 702 g/mol. The van der Waals surface area contributed by atoms with Gasteiger partial charge in [0.15, 0.2) is 0 Å². The minimum Gasteiger partial charge on any atom is -0.462 e. The van der Waals surface area contributed by atoms with E-state index < -0.39 is 28.9 Å². The number of rotatable bonds is 24. The second-order valence-corrected chi connectivity index (χ2v) is 11.6. The van der Waals surface area contributed by atoms with Gasteiger partial charge in [-0.05, 0) is 34.2 Å². The molecule has 0 aliphatic carbocycles. The number of carbonyl (C=O) groups is 3. The van der Waals surface area contributed by atoms with Gasteiger partial charge in [-0.15, -0.1) is 10.2 Å². The van der Waals surface area contributed by atoms with E-state index in [1.165, 1.54) is 0 Å².